The van der Waals surface area contributed by atoms with Crippen molar-refractivity contribution in [3.8, 4) is 5.75 Å². The normalized spacial score (nSPS) is 10.6. The SMILES string of the molecule is Cc1ccccc1NCc1cc(Cl)cc(Cl)c1OCc1ccc(F)cc1. The largest absolute Gasteiger partial charge is 0.487 e. The van der Waals surface area contributed by atoms with Gasteiger partial charge in [-0.1, -0.05) is 53.5 Å². The summed E-state index contributed by atoms with van der Waals surface area (Å²) in [7, 11) is 0. The van der Waals surface area contributed by atoms with Gasteiger partial charge in [-0.2, -0.15) is 0 Å². The number of benzene rings is 3. The van der Waals surface area contributed by atoms with Crippen LogP contribution in [0.3, 0.4) is 0 Å². The summed E-state index contributed by atoms with van der Waals surface area (Å²) in [5.74, 6) is 0.294. The van der Waals surface area contributed by atoms with Crippen molar-refractivity contribution in [3.05, 3.63) is 93.2 Å². The molecule has 0 amide bonds. The summed E-state index contributed by atoms with van der Waals surface area (Å²) in [6.45, 7) is 2.85. The Balaban J connectivity index is 1.78. The van der Waals surface area contributed by atoms with Gasteiger partial charge in [0.2, 0.25) is 0 Å². The van der Waals surface area contributed by atoms with E-state index in [1.54, 1.807) is 18.2 Å². The molecular weight excluding hydrogens is 372 g/mol. The Morgan fingerprint density at radius 3 is 2.46 bits per heavy atom. The molecule has 0 aliphatic rings. The minimum Gasteiger partial charge on any atom is -0.487 e. The highest BCUT2D eigenvalue weighted by Crippen LogP contribution is 2.33. The van der Waals surface area contributed by atoms with E-state index in [0.717, 1.165) is 22.4 Å². The molecule has 0 radical (unpaired) electrons. The minimum atomic E-state index is -0.276. The van der Waals surface area contributed by atoms with Crippen LogP contribution in [0.4, 0.5) is 10.1 Å². The molecule has 0 spiro atoms. The maximum Gasteiger partial charge on any atom is 0.143 e. The van der Waals surface area contributed by atoms with E-state index < -0.39 is 0 Å². The van der Waals surface area contributed by atoms with Gasteiger partial charge in [-0.3, -0.25) is 0 Å². The average molecular weight is 390 g/mol. The number of hydrogen-bond acceptors (Lipinski definition) is 2. The molecule has 26 heavy (non-hydrogen) atoms. The zero-order chi connectivity index (χ0) is 18.5. The Morgan fingerprint density at radius 1 is 1.00 bits per heavy atom. The molecule has 0 saturated heterocycles. The Bertz CT molecular complexity index is 897. The number of rotatable bonds is 6. The van der Waals surface area contributed by atoms with Crippen LogP contribution in [0.1, 0.15) is 16.7 Å². The van der Waals surface area contributed by atoms with E-state index in [1.807, 2.05) is 37.3 Å². The molecule has 0 saturated carbocycles. The van der Waals surface area contributed by atoms with E-state index >= 15 is 0 Å². The fraction of sp³-hybridized carbons (Fsp3) is 0.143. The number of aryl methyl sites for hydroxylation is 1. The van der Waals surface area contributed by atoms with Crippen LogP contribution >= 0.6 is 23.2 Å². The van der Waals surface area contributed by atoms with Crippen molar-refractivity contribution in [2.45, 2.75) is 20.1 Å². The third kappa shape index (κ3) is 4.69. The molecule has 134 valence electrons. The van der Waals surface area contributed by atoms with Crippen molar-refractivity contribution < 1.29 is 9.13 Å². The molecule has 0 aliphatic carbocycles. The van der Waals surface area contributed by atoms with Crippen LogP contribution in [0.5, 0.6) is 5.75 Å². The fourth-order valence-corrected chi connectivity index (χ4v) is 3.19. The summed E-state index contributed by atoms with van der Waals surface area (Å²) >= 11 is 12.5. The van der Waals surface area contributed by atoms with Crippen molar-refractivity contribution in [3.63, 3.8) is 0 Å². The Morgan fingerprint density at radius 2 is 1.73 bits per heavy atom. The third-order valence-corrected chi connectivity index (χ3v) is 4.50. The lowest BCUT2D eigenvalue weighted by atomic mass is 10.1. The second-order valence-corrected chi connectivity index (χ2v) is 6.80. The number of ether oxygens (including phenoxy) is 1. The Labute approximate surface area is 162 Å². The molecule has 3 rings (SSSR count). The first-order chi connectivity index (χ1) is 12.5. The quantitative estimate of drug-likeness (QED) is 0.510. The lowest BCUT2D eigenvalue weighted by Crippen LogP contribution is -2.05. The molecule has 0 unspecified atom stereocenters. The molecule has 0 aliphatic heterocycles. The number of nitrogens with one attached hydrogen (secondary N) is 1. The molecule has 3 aromatic carbocycles. The maximum atomic E-state index is 13.0. The zero-order valence-electron chi connectivity index (χ0n) is 14.2. The van der Waals surface area contributed by atoms with Crippen LogP contribution in [0.25, 0.3) is 0 Å². The fourth-order valence-electron chi connectivity index (χ4n) is 2.60. The van der Waals surface area contributed by atoms with Crippen molar-refractivity contribution in [2.24, 2.45) is 0 Å². The first kappa shape index (κ1) is 18.6. The molecule has 0 bridgehead atoms. The summed E-state index contributed by atoms with van der Waals surface area (Å²) in [5, 5.41) is 4.38. The Kier molecular flexibility index (Phi) is 6.02. The zero-order valence-corrected chi connectivity index (χ0v) is 15.7. The number of para-hydroxylation sites is 1. The summed E-state index contributed by atoms with van der Waals surface area (Å²) in [5.41, 5.74) is 3.89. The van der Waals surface area contributed by atoms with Crippen LogP contribution in [0, 0.1) is 12.7 Å². The molecule has 0 aromatic heterocycles. The molecule has 3 aromatic rings. The van der Waals surface area contributed by atoms with Gasteiger partial charge in [0.15, 0.2) is 0 Å². The second kappa shape index (κ2) is 8.43. The van der Waals surface area contributed by atoms with Crippen molar-refractivity contribution in [1.29, 1.82) is 0 Å². The summed E-state index contributed by atoms with van der Waals surface area (Å²) < 4.78 is 18.9. The molecule has 0 fully saturated rings. The highest BCUT2D eigenvalue weighted by atomic mass is 35.5. The Hall–Kier alpha value is -2.23. The molecule has 5 heteroatoms. The molecule has 0 atom stereocenters. The van der Waals surface area contributed by atoms with E-state index in [1.165, 1.54) is 12.1 Å². The smallest absolute Gasteiger partial charge is 0.143 e. The number of anilines is 1. The molecule has 2 nitrogen and oxygen atoms in total. The van der Waals surface area contributed by atoms with Gasteiger partial charge in [0.05, 0.1) is 5.02 Å². The predicted molar refractivity (Wildman–Crippen MR) is 106 cm³/mol. The van der Waals surface area contributed by atoms with Crippen LogP contribution in [-0.4, -0.2) is 0 Å². The summed E-state index contributed by atoms with van der Waals surface area (Å²) in [6.07, 6.45) is 0. The average Bonchev–Trinajstić information content (AvgIpc) is 2.61. The highest BCUT2D eigenvalue weighted by molar-refractivity contribution is 6.35. The van der Waals surface area contributed by atoms with Crippen LogP contribution in [0.15, 0.2) is 60.7 Å². The summed E-state index contributed by atoms with van der Waals surface area (Å²) in [4.78, 5) is 0. The standard InChI is InChI=1S/C21H18Cl2FNO/c1-14-4-2-3-5-20(14)25-12-16-10-17(22)11-19(23)21(16)26-13-15-6-8-18(24)9-7-15/h2-11,25H,12-13H2,1H3. The van der Waals surface area contributed by atoms with Gasteiger partial charge in [0.25, 0.3) is 0 Å². The van der Waals surface area contributed by atoms with Gasteiger partial charge in [-0.15, -0.1) is 0 Å². The monoisotopic (exact) mass is 389 g/mol. The van der Waals surface area contributed by atoms with Crippen molar-refractivity contribution >= 4 is 28.9 Å². The van der Waals surface area contributed by atoms with Gasteiger partial charge >= 0.3 is 0 Å². The van der Waals surface area contributed by atoms with E-state index in [-0.39, 0.29) is 5.82 Å². The topological polar surface area (TPSA) is 21.3 Å². The van der Waals surface area contributed by atoms with E-state index in [4.69, 9.17) is 27.9 Å². The number of halogens is 3. The van der Waals surface area contributed by atoms with Crippen molar-refractivity contribution in [2.75, 3.05) is 5.32 Å². The first-order valence-electron chi connectivity index (χ1n) is 8.17. The van der Waals surface area contributed by atoms with Gasteiger partial charge in [0, 0.05) is 22.8 Å². The molecule has 0 heterocycles. The van der Waals surface area contributed by atoms with Crippen molar-refractivity contribution in [1.82, 2.24) is 0 Å². The van der Waals surface area contributed by atoms with Gasteiger partial charge in [0.1, 0.15) is 18.2 Å². The van der Waals surface area contributed by atoms with Gasteiger partial charge < -0.3 is 10.1 Å². The third-order valence-electron chi connectivity index (χ3n) is 4.00. The molecular formula is C21H18Cl2FNO. The van der Waals surface area contributed by atoms with Gasteiger partial charge in [-0.25, -0.2) is 4.39 Å². The van der Waals surface area contributed by atoms with Gasteiger partial charge in [-0.05, 0) is 48.4 Å². The lowest BCUT2D eigenvalue weighted by molar-refractivity contribution is 0.303. The second-order valence-electron chi connectivity index (χ2n) is 5.96. The van der Waals surface area contributed by atoms with E-state index in [2.05, 4.69) is 5.32 Å². The van der Waals surface area contributed by atoms with Crippen LogP contribution in [0.2, 0.25) is 10.0 Å². The minimum absolute atomic E-state index is 0.276. The van der Waals surface area contributed by atoms with E-state index in [0.29, 0.717) is 28.9 Å². The highest BCUT2D eigenvalue weighted by Gasteiger charge is 2.12. The summed E-state index contributed by atoms with van der Waals surface area (Å²) in [6, 6.07) is 17.7. The predicted octanol–water partition coefficient (Wildman–Crippen LogP) is 6.63. The lowest BCUT2D eigenvalue weighted by Gasteiger charge is -2.16. The van der Waals surface area contributed by atoms with E-state index in [9.17, 15) is 4.39 Å². The first-order valence-corrected chi connectivity index (χ1v) is 8.93. The van der Waals surface area contributed by atoms with Crippen LogP contribution in [-0.2, 0) is 13.2 Å². The molecule has 1 N–H and O–H groups in total. The maximum absolute atomic E-state index is 13.0. The van der Waals surface area contributed by atoms with Crippen LogP contribution < -0.4 is 10.1 Å². The number of hydrogen-bond donors (Lipinski definition) is 1.